The summed E-state index contributed by atoms with van der Waals surface area (Å²) in [7, 11) is 0. The van der Waals surface area contributed by atoms with Crippen LogP contribution in [0.5, 0.6) is 5.75 Å². The Kier molecular flexibility index (Phi) is 3.79. The average Bonchev–Trinajstić information content (AvgIpc) is 2.58. The Morgan fingerprint density at radius 1 is 1.18 bits per heavy atom. The lowest BCUT2D eigenvalue weighted by atomic mass is 9.89. The van der Waals surface area contributed by atoms with Gasteiger partial charge in [0.15, 0.2) is 0 Å². The smallest absolute Gasteiger partial charge is 0.264 e. The Bertz CT molecular complexity index is 769. The summed E-state index contributed by atoms with van der Waals surface area (Å²) >= 11 is 12.3. The third-order valence-corrected chi connectivity index (χ3v) is 4.28. The lowest BCUT2D eigenvalue weighted by Gasteiger charge is -2.18. The van der Waals surface area contributed by atoms with Crippen molar-refractivity contribution in [1.82, 2.24) is 0 Å². The number of hydrogen-bond donors (Lipinski definition) is 1. The highest BCUT2D eigenvalue weighted by atomic mass is 35.5. The molecule has 1 N–H and O–H groups in total. The summed E-state index contributed by atoms with van der Waals surface area (Å²) in [6, 6.07) is 8.98. The fourth-order valence-electron chi connectivity index (χ4n) is 2.49. The number of pyridine rings is 1. The van der Waals surface area contributed by atoms with E-state index in [0.717, 1.165) is 15.9 Å². The molecule has 22 heavy (non-hydrogen) atoms. The van der Waals surface area contributed by atoms with Crippen molar-refractivity contribution < 1.29 is 14.7 Å². The van der Waals surface area contributed by atoms with E-state index in [4.69, 9.17) is 27.9 Å². The predicted octanol–water partition coefficient (Wildman–Crippen LogP) is 4.37. The largest absolute Gasteiger partial charge is 0.492 e. The fraction of sp³-hybridized carbons (Fsp3) is 0.235. The number of rotatable bonds is 1. The summed E-state index contributed by atoms with van der Waals surface area (Å²) in [6.45, 7) is 4.67. The molecule has 0 atom stereocenters. The minimum absolute atomic E-state index is 0.198. The molecule has 114 valence electrons. The number of nitrogens with zero attached hydrogens (tertiary/aromatic N) is 1. The van der Waals surface area contributed by atoms with Gasteiger partial charge in [-0.25, -0.2) is 0 Å². The van der Waals surface area contributed by atoms with Crippen LogP contribution in [-0.4, -0.2) is 11.8 Å². The number of fused-ring (bicyclic) bond motifs is 1. The normalized spacial score (nSPS) is 16.3. The lowest BCUT2D eigenvalue weighted by Crippen LogP contribution is -2.34. The van der Waals surface area contributed by atoms with Gasteiger partial charge in [0.05, 0.1) is 22.2 Å². The van der Waals surface area contributed by atoms with E-state index in [1.165, 1.54) is 0 Å². The molecule has 0 saturated carbocycles. The van der Waals surface area contributed by atoms with Crippen molar-refractivity contribution in [2.75, 3.05) is 6.61 Å². The second kappa shape index (κ2) is 5.49. The summed E-state index contributed by atoms with van der Waals surface area (Å²) < 4.78 is 7.00. The van der Waals surface area contributed by atoms with E-state index in [9.17, 15) is 5.21 Å². The minimum atomic E-state index is -0.198. The first-order chi connectivity index (χ1) is 10.4. The first kappa shape index (κ1) is 15.2. The molecule has 0 unspecified atom stereocenters. The van der Waals surface area contributed by atoms with E-state index in [-0.39, 0.29) is 5.41 Å². The first-order valence-corrected chi connectivity index (χ1v) is 7.68. The summed E-state index contributed by atoms with van der Waals surface area (Å²) in [5, 5.41) is 11.1. The van der Waals surface area contributed by atoms with E-state index in [0.29, 0.717) is 28.1 Å². The number of hydrogen-bond acceptors (Lipinski definition) is 2. The average molecular weight is 337 g/mol. The van der Waals surface area contributed by atoms with E-state index in [2.05, 4.69) is 19.9 Å². The van der Waals surface area contributed by atoms with Crippen molar-refractivity contribution in [3.63, 3.8) is 0 Å². The molecule has 2 heterocycles. The van der Waals surface area contributed by atoms with Crippen molar-refractivity contribution in [3.05, 3.63) is 63.9 Å². The van der Waals surface area contributed by atoms with Crippen molar-refractivity contribution in [2.45, 2.75) is 13.8 Å². The van der Waals surface area contributed by atoms with Crippen LogP contribution in [0.1, 0.15) is 25.1 Å². The van der Waals surface area contributed by atoms with Gasteiger partial charge in [-0.05, 0) is 12.1 Å². The molecule has 0 radical (unpaired) electrons. The zero-order valence-electron chi connectivity index (χ0n) is 12.3. The summed E-state index contributed by atoms with van der Waals surface area (Å²) in [4.78, 5) is 0. The Balaban J connectivity index is 2.28. The molecule has 0 saturated heterocycles. The van der Waals surface area contributed by atoms with Gasteiger partial charge < -0.3 is 4.74 Å². The highest BCUT2D eigenvalue weighted by molar-refractivity contribution is 6.42. The molecule has 3 nitrogen and oxygen atoms in total. The monoisotopic (exact) mass is 336 g/mol. The van der Waals surface area contributed by atoms with Crippen molar-refractivity contribution in [1.29, 1.82) is 0 Å². The first-order valence-electron chi connectivity index (χ1n) is 6.93. The van der Waals surface area contributed by atoms with Gasteiger partial charge in [-0.15, -0.1) is 0 Å². The Morgan fingerprint density at radius 2 is 1.91 bits per heavy atom. The van der Waals surface area contributed by atoms with Gasteiger partial charge in [-0.1, -0.05) is 43.1 Å². The molecule has 0 aliphatic carbocycles. The van der Waals surface area contributed by atoms with E-state index in [1.807, 2.05) is 12.1 Å². The molecule has 2 aromatic rings. The second-order valence-corrected chi connectivity index (χ2v) is 6.84. The zero-order chi connectivity index (χ0) is 15.9. The topological polar surface area (TPSA) is 33.3 Å². The third kappa shape index (κ3) is 2.79. The van der Waals surface area contributed by atoms with Gasteiger partial charge in [0.2, 0.25) is 6.20 Å². The Morgan fingerprint density at radius 3 is 2.64 bits per heavy atom. The summed E-state index contributed by atoms with van der Waals surface area (Å²) in [5.74, 6) is 0.662. The zero-order valence-corrected chi connectivity index (χ0v) is 13.8. The van der Waals surface area contributed by atoms with Crippen LogP contribution in [0.4, 0.5) is 0 Å². The van der Waals surface area contributed by atoms with Crippen molar-refractivity contribution >= 4 is 28.8 Å². The van der Waals surface area contributed by atoms with E-state index >= 15 is 0 Å². The van der Waals surface area contributed by atoms with Crippen LogP contribution in [0, 0.1) is 5.41 Å². The quantitative estimate of drug-likeness (QED) is 0.619. The Hall–Kier alpha value is -1.71. The SMILES string of the molecule is CC1(C)C=C(c2cccc[n+]2O)c2cc(Cl)c(Cl)cc2OC1. The lowest BCUT2D eigenvalue weighted by molar-refractivity contribution is -0.906. The van der Waals surface area contributed by atoms with Crippen LogP contribution >= 0.6 is 23.2 Å². The maximum Gasteiger partial charge on any atom is 0.264 e. The molecule has 0 amide bonds. The predicted molar refractivity (Wildman–Crippen MR) is 86.6 cm³/mol. The summed E-state index contributed by atoms with van der Waals surface area (Å²) in [5.41, 5.74) is 2.14. The molecule has 0 bridgehead atoms. The molecule has 0 fully saturated rings. The van der Waals surface area contributed by atoms with Gasteiger partial charge in [-0.2, -0.15) is 0 Å². The van der Waals surface area contributed by atoms with E-state index < -0.39 is 0 Å². The van der Waals surface area contributed by atoms with Gasteiger partial charge >= 0.3 is 0 Å². The maximum atomic E-state index is 10.2. The van der Waals surface area contributed by atoms with Gasteiger partial charge in [-0.3, -0.25) is 5.21 Å². The van der Waals surface area contributed by atoms with Gasteiger partial charge in [0.25, 0.3) is 5.69 Å². The van der Waals surface area contributed by atoms with Crippen LogP contribution in [0.15, 0.2) is 42.6 Å². The minimum Gasteiger partial charge on any atom is -0.492 e. The van der Waals surface area contributed by atoms with Crippen LogP contribution in [0.2, 0.25) is 10.0 Å². The number of ether oxygens (including phenoxy) is 1. The number of aromatic nitrogens is 1. The molecule has 0 spiro atoms. The van der Waals surface area contributed by atoms with Crippen LogP contribution < -0.4 is 9.47 Å². The van der Waals surface area contributed by atoms with Crippen molar-refractivity contribution in [2.24, 2.45) is 5.41 Å². The molecule has 5 heteroatoms. The maximum absolute atomic E-state index is 10.2. The van der Waals surface area contributed by atoms with Crippen LogP contribution in [0.25, 0.3) is 5.57 Å². The molecular formula is C17H16Cl2NO2+. The highest BCUT2D eigenvalue weighted by Crippen LogP contribution is 2.41. The number of halogens is 2. The highest BCUT2D eigenvalue weighted by Gasteiger charge is 2.29. The molecule has 1 aliphatic rings. The van der Waals surface area contributed by atoms with E-state index in [1.54, 1.807) is 24.4 Å². The molecule has 1 aromatic heterocycles. The third-order valence-electron chi connectivity index (χ3n) is 3.56. The fourth-order valence-corrected chi connectivity index (χ4v) is 2.81. The second-order valence-electron chi connectivity index (χ2n) is 6.03. The number of benzene rings is 1. The Labute approximate surface area is 139 Å². The van der Waals surface area contributed by atoms with Gasteiger partial charge in [0.1, 0.15) is 5.75 Å². The van der Waals surface area contributed by atoms with Crippen LogP contribution in [-0.2, 0) is 0 Å². The van der Waals surface area contributed by atoms with Gasteiger partial charge in [0, 0.05) is 33.9 Å². The molecular weight excluding hydrogens is 321 g/mol. The molecule has 1 aliphatic heterocycles. The molecule has 1 aromatic carbocycles. The standard InChI is InChI=1S/C17H16Cl2NO2/c1-17(2)9-12(15-5-3-4-6-20(15)21)11-7-13(18)14(19)8-16(11)22-10-17/h3-9,21H,10H2,1-2H3/q+1. The van der Waals surface area contributed by atoms with Crippen molar-refractivity contribution in [3.8, 4) is 5.75 Å². The molecule has 3 rings (SSSR count). The van der Waals surface area contributed by atoms with Crippen LogP contribution in [0.3, 0.4) is 0 Å². The summed E-state index contributed by atoms with van der Waals surface area (Å²) in [6.07, 6.45) is 3.68.